The summed E-state index contributed by atoms with van der Waals surface area (Å²) in [6.45, 7) is 0.978. The molecule has 4 aromatic rings. The maximum atomic E-state index is 13.1. The molecule has 1 aromatic heterocycles. The van der Waals surface area contributed by atoms with Crippen LogP contribution in [0.4, 0.5) is 11.4 Å². The lowest BCUT2D eigenvalue weighted by Crippen LogP contribution is -2.30. The number of hydrogen-bond donors (Lipinski definition) is 3. The highest BCUT2D eigenvalue weighted by atomic mass is 32.2. The van der Waals surface area contributed by atoms with Crippen LogP contribution in [0, 0.1) is 0 Å². The fourth-order valence-electron chi connectivity index (χ4n) is 3.76. The van der Waals surface area contributed by atoms with Crippen molar-refractivity contribution < 1.29 is 28.3 Å². The average Bonchev–Trinajstić information content (AvgIpc) is 3.50. The number of carbonyl (C=O) groups excluding carboxylic acids is 3. The monoisotopic (exact) mass is 555 g/mol. The molecule has 9 nitrogen and oxygen atoms in total. The van der Waals surface area contributed by atoms with E-state index in [-0.39, 0.29) is 17.4 Å². The lowest BCUT2D eigenvalue weighted by molar-refractivity contribution is -0.114. The molecule has 0 saturated carbocycles. The van der Waals surface area contributed by atoms with Gasteiger partial charge in [-0.2, -0.15) is 0 Å². The fraction of sp³-hybridized carbons (Fsp3) is 0.100. The third-order valence-corrected chi connectivity index (χ3v) is 6.68. The SMILES string of the molecule is O=C(CSc1ccc(NC(=O)C(=Cc2ccco2)NC(=O)c2ccccc2)cc1)Nc1ccc2c(c1)OCCO2. The Hall–Kier alpha value is -4.96. The summed E-state index contributed by atoms with van der Waals surface area (Å²) in [6, 6.07) is 24.3. The van der Waals surface area contributed by atoms with Crippen molar-refractivity contribution in [2.75, 3.05) is 29.6 Å². The lowest BCUT2D eigenvalue weighted by Gasteiger charge is -2.19. The summed E-state index contributed by atoms with van der Waals surface area (Å²) < 4.78 is 16.4. The van der Waals surface area contributed by atoms with E-state index in [2.05, 4.69) is 16.0 Å². The zero-order valence-corrected chi connectivity index (χ0v) is 22.0. The van der Waals surface area contributed by atoms with Crippen LogP contribution in [-0.2, 0) is 9.59 Å². The molecule has 1 aliphatic rings. The number of thioether (sulfide) groups is 1. The molecule has 0 unspecified atom stereocenters. The number of hydrogen-bond acceptors (Lipinski definition) is 7. The zero-order chi connectivity index (χ0) is 27.7. The summed E-state index contributed by atoms with van der Waals surface area (Å²) in [5.41, 5.74) is 1.60. The van der Waals surface area contributed by atoms with Crippen LogP contribution in [0.25, 0.3) is 6.08 Å². The maximum absolute atomic E-state index is 13.1. The van der Waals surface area contributed by atoms with E-state index in [0.717, 1.165) is 4.90 Å². The second-order valence-electron chi connectivity index (χ2n) is 8.57. The number of ether oxygens (including phenoxy) is 2. The first kappa shape index (κ1) is 26.6. The molecule has 10 heteroatoms. The van der Waals surface area contributed by atoms with Crippen LogP contribution >= 0.6 is 11.8 Å². The molecule has 1 aliphatic heterocycles. The molecule has 0 atom stereocenters. The minimum atomic E-state index is -0.514. The Morgan fingerprint density at radius 1 is 0.800 bits per heavy atom. The molecule has 0 spiro atoms. The summed E-state index contributed by atoms with van der Waals surface area (Å²) in [7, 11) is 0. The highest BCUT2D eigenvalue weighted by molar-refractivity contribution is 8.00. The van der Waals surface area contributed by atoms with Gasteiger partial charge in [-0.05, 0) is 60.7 Å². The third kappa shape index (κ3) is 7.12. The number of benzene rings is 3. The number of anilines is 2. The van der Waals surface area contributed by atoms with Crippen molar-refractivity contribution >= 4 is 46.9 Å². The van der Waals surface area contributed by atoms with Crippen molar-refractivity contribution in [2.24, 2.45) is 0 Å². The van der Waals surface area contributed by atoms with E-state index < -0.39 is 11.8 Å². The molecule has 0 radical (unpaired) electrons. The minimum absolute atomic E-state index is 0.0260. The van der Waals surface area contributed by atoms with Gasteiger partial charge in [0.05, 0.1) is 12.0 Å². The van der Waals surface area contributed by atoms with Gasteiger partial charge in [0.15, 0.2) is 11.5 Å². The number of carbonyl (C=O) groups is 3. The van der Waals surface area contributed by atoms with E-state index in [9.17, 15) is 14.4 Å². The van der Waals surface area contributed by atoms with Crippen LogP contribution < -0.4 is 25.4 Å². The van der Waals surface area contributed by atoms with E-state index >= 15 is 0 Å². The summed E-state index contributed by atoms with van der Waals surface area (Å²) in [5.74, 6) is 0.779. The molecule has 2 heterocycles. The van der Waals surface area contributed by atoms with Gasteiger partial charge in [0, 0.05) is 34.0 Å². The third-order valence-electron chi connectivity index (χ3n) is 5.67. The molecule has 40 heavy (non-hydrogen) atoms. The van der Waals surface area contributed by atoms with Crippen molar-refractivity contribution in [1.82, 2.24) is 5.32 Å². The van der Waals surface area contributed by atoms with Crippen molar-refractivity contribution in [3.8, 4) is 11.5 Å². The predicted molar refractivity (Wildman–Crippen MR) is 152 cm³/mol. The Morgan fingerprint density at radius 2 is 1.55 bits per heavy atom. The largest absolute Gasteiger partial charge is 0.486 e. The highest BCUT2D eigenvalue weighted by Crippen LogP contribution is 2.32. The van der Waals surface area contributed by atoms with Crippen molar-refractivity contribution in [1.29, 1.82) is 0 Å². The Bertz CT molecular complexity index is 1520. The molecule has 0 aliphatic carbocycles. The quantitative estimate of drug-likeness (QED) is 0.192. The van der Waals surface area contributed by atoms with Gasteiger partial charge in [0.2, 0.25) is 5.91 Å². The second-order valence-corrected chi connectivity index (χ2v) is 9.62. The predicted octanol–water partition coefficient (Wildman–Crippen LogP) is 5.19. The average molecular weight is 556 g/mol. The molecular formula is C30H25N3O6S. The summed E-state index contributed by atoms with van der Waals surface area (Å²) in [5, 5.41) is 8.30. The first-order chi connectivity index (χ1) is 19.5. The molecule has 3 aromatic carbocycles. The van der Waals surface area contributed by atoms with E-state index in [1.165, 1.54) is 24.1 Å². The van der Waals surface area contributed by atoms with Crippen LogP contribution in [0.15, 0.2) is 106 Å². The Kier molecular flexibility index (Phi) is 8.47. The van der Waals surface area contributed by atoms with Crippen molar-refractivity contribution in [3.63, 3.8) is 0 Å². The first-order valence-corrected chi connectivity index (χ1v) is 13.4. The molecule has 0 fully saturated rings. The number of amides is 3. The van der Waals surface area contributed by atoms with Crippen LogP contribution in [0.5, 0.6) is 11.5 Å². The Labute approximate surface area is 234 Å². The molecule has 3 amide bonds. The fourth-order valence-corrected chi connectivity index (χ4v) is 4.46. The normalized spacial score (nSPS) is 12.3. The summed E-state index contributed by atoms with van der Waals surface area (Å²) in [4.78, 5) is 39.0. The van der Waals surface area contributed by atoms with Gasteiger partial charge in [0.1, 0.15) is 24.7 Å². The van der Waals surface area contributed by atoms with E-state index in [4.69, 9.17) is 13.9 Å². The maximum Gasteiger partial charge on any atom is 0.272 e. The van der Waals surface area contributed by atoms with Crippen LogP contribution in [0.2, 0.25) is 0 Å². The number of furan rings is 1. The van der Waals surface area contributed by atoms with E-state index in [1.807, 2.05) is 0 Å². The van der Waals surface area contributed by atoms with Gasteiger partial charge in [-0.15, -0.1) is 11.8 Å². The van der Waals surface area contributed by atoms with E-state index in [1.54, 1.807) is 84.9 Å². The number of fused-ring (bicyclic) bond motifs is 1. The second kappa shape index (κ2) is 12.7. The molecule has 0 saturated heterocycles. The number of nitrogens with one attached hydrogen (secondary N) is 3. The summed E-state index contributed by atoms with van der Waals surface area (Å²) >= 11 is 1.36. The van der Waals surface area contributed by atoms with Gasteiger partial charge in [0.25, 0.3) is 11.8 Å². The molecule has 0 bridgehead atoms. The van der Waals surface area contributed by atoms with Gasteiger partial charge >= 0.3 is 0 Å². The lowest BCUT2D eigenvalue weighted by atomic mass is 10.2. The topological polar surface area (TPSA) is 119 Å². The minimum Gasteiger partial charge on any atom is -0.486 e. The van der Waals surface area contributed by atoms with Gasteiger partial charge in [-0.3, -0.25) is 14.4 Å². The van der Waals surface area contributed by atoms with Crippen molar-refractivity contribution in [3.05, 3.63) is 108 Å². The molecule has 5 rings (SSSR count). The van der Waals surface area contributed by atoms with Gasteiger partial charge in [-0.1, -0.05) is 18.2 Å². The smallest absolute Gasteiger partial charge is 0.272 e. The standard InChI is InChI=1S/C30H25N3O6S/c34-28(31-22-10-13-26-27(17-22)39-16-15-38-26)19-40-24-11-8-21(9-12-24)32-30(36)25(18-23-7-4-14-37-23)33-29(35)20-5-2-1-3-6-20/h1-14,17-18H,15-16,19H2,(H,31,34)(H,32,36)(H,33,35). The van der Waals surface area contributed by atoms with Crippen LogP contribution in [0.1, 0.15) is 16.1 Å². The Morgan fingerprint density at radius 3 is 2.30 bits per heavy atom. The van der Waals surface area contributed by atoms with E-state index in [0.29, 0.717) is 47.4 Å². The van der Waals surface area contributed by atoms with Gasteiger partial charge < -0.3 is 29.8 Å². The van der Waals surface area contributed by atoms with Crippen LogP contribution in [0.3, 0.4) is 0 Å². The summed E-state index contributed by atoms with van der Waals surface area (Å²) in [6.07, 6.45) is 2.94. The number of rotatable bonds is 9. The first-order valence-electron chi connectivity index (χ1n) is 12.4. The molecule has 3 N–H and O–H groups in total. The van der Waals surface area contributed by atoms with Crippen LogP contribution in [-0.4, -0.2) is 36.7 Å². The van der Waals surface area contributed by atoms with Gasteiger partial charge in [-0.25, -0.2) is 0 Å². The van der Waals surface area contributed by atoms with Crippen molar-refractivity contribution in [2.45, 2.75) is 4.90 Å². The Balaban J connectivity index is 1.17. The molecular weight excluding hydrogens is 530 g/mol. The molecule has 202 valence electrons. The highest BCUT2D eigenvalue weighted by Gasteiger charge is 2.16. The zero-order valence-electron chi connectivity index (χ0n) is 21.2.